The van der Waals surface area contributed by atoms with Gasteiger partial charge in [-0.3, -0.25) is 0 Å². The topological polar surface area (TPSA) is 33.6 Å². The summed E-state index contributed by atoms with van der Waals surface area (Å²) in [6.07, 6.45) is 0.921. The van der Waals surface area contributed by atoms with Crippen molar-refractivity contribution in [2.75, 3.05) is 19.0 Å². The van der Waals surface area contributed by atoms with Crippen LogP contribution in [0.4, 0.5) is 5.69 Å². The van der Waals surface area contributed by atoms with E-state index in [9.17, 15) is 0 Å². The highest BCUT2D eigenvalue weighted by atomic mass is 16.6. The Morgan fingerprint density at radius 3 is 3.08 bits per heavy atom. The largest absolute Gasteiger partial charge is 0.399 e. The fourth-order valence-electron chi connectivity index (χ4n) is 1.54. The summed E-state index contributed by atoms with van der Waals surface area (Å²) in [5.74, 6) is 0. The third-order valence-electron chi connectivity index (χ3n) is 2.12. The van der Waals surface area contributed by atoms with Crippen molar-refractivity contribution in [1.82, 2.24) is 0 Å². The molecular weight excluding hydrogens is 164 g/mol. The van der Waals surface area contributed by atoms with Crippen molar-refractivity contribution in [3.05, 3.63) is 29.8 Å². The minimum absolute atomic E-state index is 0.921. The first kappa shape index (κ1) is 8.10. The van der Waals surface area contributed by atoms with Crippen LogP contribution in [0, 0.1) is 0 Å². The van der Waals surface area contributed by atoms with Gasteiger partial charge in [-0.25, -0.2) is 0 Å². The highest BCUT2D eigenvalue weighted by molar-refractivity contribution is 6.06. The maximum absolute atomic E-state index is 4.80. The van der Waals surface area contributed by atoms with Gasteiger partial charge in [0.05, 0.1) is 5.71 Å². The fraction of sp³-hybridized carbons (Fsp3) is 0.300. The van der Waals surface area contributed by atoms with Crippen LogP contribution in [0.2, 0.25) is 0 Å². The van der Waals surface area contributed by atoms with Crippen molar-refractivity contribution in [3.8, 4) is 0 Å². The van der Waals surface area contributed by atoms with Gasteiger partial charge >= 0.3 is 0 Å². The first-order chi connectivity index (χ1) is 6.42. The number of fused-ring (bicyclic) bond motifs is 1. The number of hydrogen-bond acceptors (Lipinski definition) is 3. The Balaban J connectivity index is 2.42. The molecule has 0 atom stereocenters. The third kappa shape index (κ3) is 1.49. The molecule has 1 aromatic carbocycles. The summed E-state index contributed by atoms with van der Waals surface area (Å²) in [4.78, 5) is 4.80. The molecule has 0 radical (unpaired) electrons. The number of anilines is 1. The number of nitrogens with zero attached hydrogens (tertiary/aromatic N) is 1. The van der Waals surface area contributed by atoms with Crippen molar-refractivity contribution in [3.63, 3.8) is 0 Å². The van der Waals surface area contributed by atoms with E-state index in [1.54, 1.807) is 7.11 Å². The van der Waals surface area contributed by atoms with Crippen LogP contribution in [0.25, 0.3) is 0 Å². The summed E-state index contributed by atoms with van der Waals surface area (Å²) in [6.45, 7) is 0.930. The Labute approximate surface area is 77.4 Å². The van der Waals surface area contributed by atoms with E-state index in [-0.39, 0.29) is 0 Å². The molecule has 3 nitrogen and oxygen atoms in total. The van der Waals surface area contributed by atoms with Crippen LogP contribution in [-0.2, 0) is 4.84 Å². The Morgan fingerprint density at radius 1 is 1.38 bits per heavy atom. The number of oxime groups is 1. The number of hydrogen-bond donors (Lipinski definition) is 1. The van der Waals surface area contributed by atoms with Crippen molar-refractivity contribution in [2.45, 2.75) is 6.42 Å². The summed E-state index contributed by atoms with van der Waals surface area (Å²) in [5.41, 5.74) is 3.32. The molecule has 0 saturated carbocycles. The van der Waals surface area contributed by atoms with Crippen LogP contribution in [0.5, 0.6) is 0 Å². The molecule has 0 fully saturated rings. The molecule has 1 aromatic rings. The minimum atomic E-state index is 0.921. The summed E-state index contributed by atoms with van der Waals surface area (Å²) >= 11 is 0. The molecule has 3 heteroatoms. The van der Waals surface area contributed by atoms with E-state index >= 15 is 0 Å². The minimum Gasteiger partial charge on any atom is -0.399 e. The van der Waals surface area contributed by atoms with Gasteiger partial charge in [0.25, 0.3) is 0 Å². The zero-order chi connectivity index (χ0) is 9.10. The van der Waals surface area contributed by atoms with Gasteiger partial charge in [-0.1, -0.05) is 23.4 Å². The molecule has 0 amide bonds. The van der Waals surface area contributed by atoms with E-state index in [1.807, 2.05) is 12.1 Å². The van der Waals surface area contributed by atoms with Crippen LogP contribution in [0.15, 0.2) is 29.4 Å². The molecule has 1 aliphatic rings. The average molecular weight is 176 g/mol. The number of rotatable bonds is 1. The standard InChI is InChI=1S/C10H12N2O/c1-13-12-10-6-7-11-9-5-3-2-4-8(9)10/h2-5,11H,6-7H2,1H3/b12-10+. The van der Waals surface area contributed by atoms with Crippen molar-refractivity contribution in [2.24, 2.45) is 5.16 Å². The maximum atomic E-state index is 4.80. The van der Waals surface area contributed by atoms with E-state index < -0.39 is 0 Å². The highest BCUT2D eigenvalue weighted by Gasteiger charge is 2.13. The van der Waals surface area contributed by atoms with E-state index in [4.69, 9.17) is 4.84 Å². The quantitative estimate of drug-likeness (QED) is 0.662. The van der Waals surface area contributed by atoms with E-state index in [0.717, 1.165) is 29.9 Å². The van der Waals surface area contributed by atoms with Gasteiger partial charge in [0.1, 0.15) is 7.11 Å². The Bertz CT molecular complexity index is 333. The molecule has 68 valence electrons. The predicted molar refractivity (Wildman–Crippen MR) is 53.1 cm³/mol. The zero-order valence-corrected chi connectivity index (χ0v) is 7.58. The van der Waals surface area contributed by atoms with Gasteiger partial charge < -0.3 is 10.2 Å². The first-order valence-corrected chi connectivity index (χ1v) is 4.35. The number of benzene rings is 1. The van der Waals surface area contributed by atoms with Crippen LogP contribution < -0.4 is 5.32 Å². The smallest absolute Gasteiger partial charge is 0.106 e. The molecule has 0 unspecified atom stereocenters. The van der Waals surface area contributed by atoms with Crippen LogP contribution in [-0.4, -0.2) is 19.4 Å². The van der Waals surface area contributed by atoms with Crippen molar-refractivity contribution < 1.29 is 4.84 Å². The second-order valence-corrected chi connectivity index (χ2v) is 2.94. The summed E-state index contributed by atoms with van der Waals surface area (Å²) in [7, 11) is 1.58. The lowest BCUT2D eigenvalue weighted by Gasteiger charge is -2.18. The van der Waals surface area contributed by atoms with Crippen LogP contribution in [0.1, 0.15) is 12.0 Å². The molecule has 2 rings (SSSR count). The first-order valence-electron chi connectivity index (χ1n) is 4.35. The lowest BCUT2D eigenvalue weighted by atomic mass is 10.0. The predicted octanol–water partition coefficient (Wildman–Crippen LogP) is 1.85. The second-order valence-electron chi connectivity index (χ2n) is 2.94. The van der Waals surface area contributed by atoms with Gasteiger partial charge in [-0.15, -0.1) is 0 Å². The molecule has 1 N–H and O–H groups in total. The number of para-hydroxylation sites is 1. The van der Waals surface area contributed by atoms with Crippen LogP contribution in [0.3, 0.4) is 0 Å². The SMILES string of the molecule is CO/N=C1\CCNc2ccccc21. The molecule has 1 heterocycles. The number of nitrogens with one attached hydrogen (secondary N) is 1. The summed E-state index contributed by atoms with van der Waals surface area (Å²) in [6, 6.07) is 8.14. The lowest BCUT2D eigenvalue weighted by Crippen LogP contribution is -2.18. The average Bonchev–Trinajstić information content (AvgIpc) is 2.19. The molecule has 0 aromatic heterocycles. The van der Waals surface area contributed by atoms with E-state index in [2.05, 4.69) is 22.6 Å². The second kappa shape index (κ2) is 3.47. The molecule has 0 aliphatic carbocycles. The highest BCUT2D eigenvalue weighted by Crippen LogP contribution is 2.21. The molecule has 0 spiro atoms. The molecule has 0 saturated heterocycles. The van der Waals surface area contributed by atoms with Gasteiger partial charge in [0.2, 0.25) is 0 Å². The molecule has 0 bridgehead atoms. The van der Waals surface area contributed by atoms with Gasteiger partial charge in [0, 0.05) is 24.2 Å². The lowest BCUT2D eigenvalue weighted by molar-refractivity contribution is 0.213. The molecule has 13 heavy (non-hydrogen) atoms. The van der Waals surface area contributed by atoms with Gasteiger partial charge in [-0.05, 0) is 6.07 Å². The third-order valence-corrected chi connectivity index (χ3v) is 2.12. The fourth-order valence-corrected chi connectivity index (χ4v) is 1.54. The summed E-state index contributed by atoms with van der Waals surface area (Å²) in [5, 5.41) is 7.32. The van der Waals surface area contributed by atoms with Gasteiger partial charge in [0.15, 0.2) is 0 Å². The normalized spacial score (nSPS) is 17.8. The molecule has 1 aliphatic heterocycles. The summed E-state index contributed by atoms with van der Waals surface area (Å²) < 4.78 is 0. The Kier molecular flexibility index (Phi) is 2.17. The Hall–Kier alpha value is -1.51. The van der Waals surface area contributed by atoms with Crippen LogP contribution >= 0.6 is 0 Å². The molecular formula is C10H12N2O. The van der Waals surface area contributed by atoms with E-state index in [1.165, 1.54) is 0 Å². The van der Waals surface area contributed by atoms with Crippen molar-refractivity contribution in [1.29, 1.82) is 0 Å². The monoisotopic (exact) mass is 176 g/mol. The van der Waals surface area contributed by atoms with E-state index in [0.29, 0.717) is 0 Å². The van der Waals surface area contributed by atoms with Crippen molar-refractivity contribution >= 4 is 11.4 Å². The zero-order valence-electron chi connectivity index (χ0n) is 7.58. The Morgan fingerprint density at radius 2 is 2.23 bits per heavy atom. The maximum Gasteiger partial charge on any atom is 0.106 e. The van der Waals surface area contributed by atoms with Gasteiger partial charge in [-0.2, -0.15) is 0 Å².